The largest absolute Gasteiger partial charge is 0.433 e. The third-order valence-corrected chi connectivity index (χ3v) is 1.36. The number of carbonyl (C=O) groups is 1. The minimum absolute atomic E-state index is 0.447. The Labute approximate surface area is 53.9 Å². The maximum atomic E-state index is 9.83. The average Bonchev–Trinajstić information content (AvgIpc) is 2.51. The minimum Gasteiger partial charge on any atom is -0.433 e. The molecule has 1 saturated heterocycles. The summed E-state index contributed by atoms with van der Waals surface area (Å²) >= 11 is 0. The van der Waals surface area contributed by atoms with Gasteiger partial charge in [-0.3, -0.25) is 4.79 Å². The van der Waals surface area contributed by atoms with Crippen LogP contribution in [0.4, 0.5) is 0 Å². The Kier molecular flexibility index (Phi) is 1.71. The first-order valence-electron chi connectivity index (χ1n) is 3.08. The molecule has 9 heavy (non-hydrogen) atoms. The Bertz CT molecular complexity index is 107. The van der Waals surface area contributed by atoms with E-state index in [1.54, 1.807) is 0 Å². The van der Waals surface area contributed by atoms with Crippen LogP contribution in [0.2, 0.25) is 0 Å². The Morgan fingerprint density at radius 2 is 2.56 bits per heavy atom. The zero-order valence-electron chi connectivity index (χ0n) is 5.42. The van der Waals surface area contributed by atoms with E-state index in [1.165, 1.54) is 0 Å². The highest BCUT2D eigenvalue weighted by atomic mass is 16.8. The molecular weight excluding hydrogens is 120 g/mol. The molecule has 0 spiro atoms. The van der Waals surface area contributed by atoms with Crippen molar-refractivity contribution in [2.45, 2.75) is 25.6 Å². The summed E-state index contributed by atoms with van der Waals surface area (Å²) < 4.78 is 9.60. The van der Waals surface area contributed by atoms with Crippen LogP contribution in [0.3, 0.4) is 0 Å². The normalized spacial score (nSPS) is 31.7. The molecule has 0 amide bonds. The molecular formula is C6H10O3. The second-order valence-electron chi connectivity index (χ2n) is 2.16. The average molecular weight is 130 g/mol. The van der Waals surface area contributed by atoms with E-state index < -0.39 is 5.79 Å². The summed E-state index contributed by atoms with van der Waals surface area (Å²) in [5.41, 5.74) is 0. The molecule has 1 unspecified atom stereocenters. The lowest BCUT2D eigenvalue weighted by atomic mass is 10.2. The second-order valence-corrected chi connectivity index (χ2v) is 2.16. The van der Waals surface area contributed by atoms with E-state index in [4.69, 9.17) is 4.74 Å². The maximum Gasteiger partial charge on any atom is 0.295 e. The van der Waals surface area contributed by atoms with Crippen molar-refractivity contribution in [3.8, 4) is 0 Å². The smallest absolute Gasteiger partial charge is 0.295 e. The topological polar surface area (TPSA) is 38.8 Å². The number of hydrogen-bond donors (Lipinski definition) is 0. The number of hydrogen-bond acceptors (Lipinski definition) is 3. The SMILES string of the molecule is CCCC1(OC=O)CO1. The van der Waals surface area contributed by atoms with Gasteiger partial charge in [-0.1, -0.05) is 6.92 Å². The standard InChI is InChI=1S/C6H10O3/c1-2-3-6(4-8-6)9-5-7/h5H,2-4H2,1H3. The lowest BCUT2D eigenvalue weighted by Gasteiger charge is -2.05. The van der Waals surface area contributed by atoms with Crippen LogP contribution in [-0.4, -0.2) is 18.9 Å². The quantitative estimate of drug-likeness (QED) is 0.415. The van der Waals surface area contributed by atoms with Crippen LogP contribution >= 0.6 is 0 Å². The van der Waals surface area contributed by atoms with Crippen LogP contribution in [0.1, 0.15) is 19.8 Å². The van der Waals surface area contributed by atoms with Crippen LogP contribution in [0.25, 0.3) is 0 Å². The second kappa shape index (κ2) is 2.35. The summed E-state index contributed by atoms with van der Waals surface area (Å²) in [5.74, 6) is -0.517. The molecule has 3 heteroatoms. The summed E-state index contributed by atoms with van der Waals surface area (Å²) in [6.07, 6.45) is 1.79. The summed E-state index contributed by atoms with van der Waals surface area (Å²) in [6, 6.07) is 0. The van der Waals surface area contributed by atoms with Crippen molar-refractivity contribution in [3.05, 3.63) is 0 Å². The predicted molar refractivity (Wildman–Crippen MR) is 30.7 cm³/mol. The lowest BCUT2D eigenvalue weighted by molar-refractivity contribution is -0.143. The third kappa shape index (κ3) is 1.42. The molecule has 1 aliphatic rings. The zero-order chi connectivity index (χ0) is 6.74. The number of epoxide rings is 1. The number of rotatable bonds is 4. The highest BCUT2D eigenvalue weighted by Gasteiger charge is 2.46. The van der Waals surface area contributed by atoms with Gasteiger partial charge in [-0.25, -0.2) is 0 Å². The molecule has 0 aromatic carbocycles. The zero-order valence-corrected chi connectivity index (χ0v) is 5.42. The predicted octanol–water partition coefficient (Wildman–Crippen LogP) is 0.686. The Morgan fingerprint density at radius 3 is 2.89 bits per heavy atom. The van der Waals surface area contributed by atoms with Gasteiger partial charge in [0, 0.05) is 6.42 Å². The van der Waals surface area contributed by atoms with Gasteiger partial charge in [-0.05, 0) is 6.42 Å². The fourth-order valence-electron chi connectivity index (χ4n) is 0.820. The minimum atomic E-state index is -0.517. The first-order chi connectivity index (χ1) is 4.33. The fraction of sp³-hybridized carbons (Fsp3) is 0.833. The molecule has 1 atom stereocenters. The summed E-state index contributed by atoms with van der Waals surface area (Å²) in [5, 5.41) is 0. The van der Waals surface area contributed by atoms with Crippen molar-refractivity contribution in [1.29, 1.82) is 0 Å². The molecule has 0 radical (unpaired) electrons. The van der Waals surface area contributed by atoms with E-state index in [-0.39, 0.29) is 0 Å². The lowest BCUT2D eigenvalue weighted by Crippen LogP contribution is -2.14. The molecule has 0 N–H and O–H groups in total. The van der Waals surface area contributed by atoms with Crippen LogP contribution < -0.4 is 0 Å². The molecule has 0 saturated carbocycles. The molecule has 0 aromatic heterocycles. The van der Waals surface area contributed by atoms with Crippen molar-refractivity contribution in [2.75, 3.05) is 6.61 Å². The monoisotopic (exact) mass is 130 g/mol. The van der Waals surface area contributed by atoms with E-state index in [2.05, 4.69) is 4.74 Å². The van der Waals surface area contributed by atoms with Crippen LogP contribution in [0.5, 0.6) is 0 Å². The Hall–Kier alpha value is -0.570. The van der Waals surface area contributed by atoms with Gasteiger partial charge in [0.15, 0.2) is 0 Å². The molecule has 0 aromatic rings. The molecule has 52 valence electrons. The van der Waals surface area contributed by atoms with Gasteiger partial charge in [-0.15, -0.1) is 0 Å². The van der Waals surface area contributed by atoms with Crippen LogP contribution in [0, 0.1) is 0 Å². The third-order valence-electron chi connectivity index (χ3n) is 1.36. The maximum absolute atomic E-state index is 9.83. The van der Waals surface area contributed by atoms with Crippen molar-refractivity contribution in [1.82, 2.24) is 0 Å². The van der Waals surface area contributed by atoms with Crippen LogP contribution in [0.15, 0.2) is 0 Å². The Balaban J connectivity index is 2.24. The van der Waals surface area contributed by atoms with Gasteiger partial charge in [0.1, 0.15) is 6.61 Å². The van der Waals surface area contributed by atoms with Crippen molar-refractivity contribution in [2.24, 2.45) is 0 Å². The van der Waals surface area contributed by atoms with Crippen molar-refractivity contribution >= 4 is 6.47 Å². The van der Waals surface area contributed by atoms with E-state index >= 15 is 0 Å². The summed E-state index contributed by atoms with van der Waals surface area (Å²) in [6.45, 7) is 3.04. The van der Waals surface area contributed by atoms with Gasteiger partial charge in [-0.2, -0.15) is 0 Å². The number of ether oxygens (including phenoxy) is 2. The molecule has 0 aliphatic carbocycles. The molecule has 1 fully saturated rings. The van der Waals surface area contributed by atoms with E-state index in [0.717, 1.165) is 12.8 Å². The highest BCUT2D eigenvalue weighted by Crippen LogP contribution is 2.32. The van der Waals surface area contributed by atoms with Gasteiger partial charge in [0.25, 0.3) is 6.47 Å². The van der Waals surface area contributed by atoms with E-state index in [0.29, 0.717) is 13.1 Å². The van der Waals surface area contributed by atoms with E-state index in [9.17, 15) is 4.79 Å². The molecule has 1 rings (SSSR count). The molecule has 0 bridgehead atoms. The molecule has 1 aliphatic heterocycles. The van der Waals surface area contributed by atoms with Crippen molar-refractivity contribution in [3.63, 3.8) is 0 Å². The van der Waals surface area contributed by atoms with Gasteiger partial charge < -0.3 is 9.47 Å². The molecule has 1 heterocycles. The molecule has 3 nitrogen and oxygen atoms in total. The summed E-state index contributed by atoms with van der Waals surface area (Å²) in [4.78, 5) is 9.83. The fourth-order valence-corrected chi connectivity index (χ4v) is 0.820. The van der Waals surface area contributed by atoms with Crippen LogP contribution in [-0.2, 0) is 14.3 Å². The number of carbonyl (C=O) groups excluding carboxylic acids is 1. The van der Waals surface area contributed by atoms with Gasteiger partial charge in [0.05, 0.1) is 0 Å². The highest BCUT2D eigenvalue weighted by molar-refractivity contribution is 5.38. The summed E-state index contributed by atoms with van der Waals surface area (Å²) in [7, 11) is 0. The first kappa shape index (κ1) is 6.55. The van der Waals surface area contributed by atoms with Gasteiger partial charge >= 0.3 is 0 Å². The first-order valence-corrected chi connectivity index (χ1v) is 3.08. The Morgan fingerprint density at radius 1 is 1.89 bits per heavy atom. The van der Waals surface area contributed by atoms with Gasteiger partial charge in [0.2, 0.25) is 5.79 Å². The van der Waals surface area contributed by atoms with Crippen molar-refractivity contribution < 1.29 is 14.3 Å². The van der Waals surface area contributed by atoms with E-state index in [1.807, 2.05) is 6.92 Å².